The summed E-state index contributed by atoms with van der Waals surface area (Å²) in [6, 6.07) is 0.183. The molecule has 0 aromatic rings. The Bertz CT molecular complexity index is 293. The Morgan fingerprint density at radius 2 is 1.71 bits per heavy atom. The summed E-state index contributed by atoms with van der Waals surface area (Å²) in [7, 11) is 2.11. The minimum atomic E-state index is 0.183. The average molecular weight is 236 g/mol. The van der Waals surface area contributed by atoms with Crippen LogP contribution in [-0.2, 0) is 4.79 Å². The van der Waals surface area contributed by atoms with Crippen LogP contribution in [0.4, 0.5) is 0 Å². The zero-order valence-electron chi connectivity index (χ0n) is 10.9. The van der Waals surface area contributed by atoms with Crippen LogP contribution in [0.5, 0.6) is 0 Å². The van der Waals surface area contributed by atoms with Gasteiger partial charge in [0.25, 0.3) is 0 Å². The molecule has 1 amide bonds. The van der Waals surface area contributed by atoms with Crippen LogP contribution in [0, 0.1) is 11.8 Å². The van der Waals surface area contributed by atoms with Crippen LogP contribution in [0.1, 0.15) is 38.5 Å². The highest BCUT2D eigenvalue weighted by Gasteiger charge is 2.40. The number of amides is 1. The number of carbonyl (C=O) groups is 1. The molecule has 3 unspecified atom stereocenters. The smallest absolute Gasteiger partial charge is 0.239 e. The molecule has 2 heterocycles. The highest BCUT2D eigenvalue weighted by molar-refractivity contribution is 5.82. The molecule has 0 N–H and O–H groups in total. The summed E-state index contributed by atoms with van der Waals surface area (Å²) >= 11 is 0. The Morgan fingerprint density at radius 3 is 2.35 bits per heavy atom. The minimum Gasteiger partial charge on any atom is -0.341 e. The molecule has 3 heteroatoms. The summed E-state index contributed by atoms with van der Waals surface area (Å²) in [5.74, 6) is 2.07. The molecule has 0 radical (unpaired) electrons. The van der Waals surface area contributed by atoms with Crippen molar-refractivity contribution in [3.05, 3.63) is 0 Å². The van der Waals surface area contributed by atoms with Crippen molar-refractivity contribution in [2.24, 2.45) is 11.8 Å². The van der Waals surface area contributed by atoms with Crippen LogP contribution in [-0.4, -0.2) is 48.4 Å². The molecule has 3 rings (SSSR count). The number of hydrogen-bond acceptors (Lipinski definition) is 2. The van der Waals surface area contributed by atoms with Gasteiger partial charge in [-0.15, -0.1) is 0 Å². The normalized spacial score (nSPS) is 38.4. The van der Waals surface area contributed by atoms with E-state index in [9.17, 15) is 4.79 Å². The Morgan fingerprint density at radius 1 is 1.00 bits per heavy atom. The third kappa shape index (κ3) is 2.10. The first-order valence-electron chi connectivity index (χ1n) is 7.25. The first-order chi connectivity index (χ1) is 8.25. The highest BCUT2D eigenvalue weighted by atomic mass is 16.2. The lowest BCUT2D eigenvalue weighted by Crippen LogP contribution is -2.48. The van der Waals surface area contributed by atoms with Gasteiger partial charge in [0.1, 0.15) is 0 Å². The summed E-state index contributed by atoms with van der Waals surface area (Å²) in [5.41, 5.74) is 0. The summed E-state index contributed by atoms with van der Waals surface area (Å²) in [5, 5.41) is 0. The number of likely N-dealkylation sites (N-methyl/N-ethyl adjacent to an activating group) is 1. The number of likely N-dealkylation sites (tertiary alicyclic amines) is 2. The molecule has 0 spiro atoms. The maximum absolute atomic E-state index is 12.5. The van der Waals surface area contributed by atoms with Gasteiger partial charge in [-0.3, -0.25) is 9.69 Å². The monoisotopic (exact) mass is 236 g/mol. The second-order valence-electron chi connectivity index (χ2n) is 6.19. The van der Waals surface area contributed by atoms with E-state index in [-0.39, 0.29) is 6.04 Å². The molecule has 3 atom stereocenters. The molecule has 2 saturated heterocycles. The SMILES string of the molecule is CN1CCCCC1C(=O)N1CC2CCCC2C1. The molecule has 3 aliphatic rings. The molecule has 2 aliphatic heterocycles. The number of fused-ring (bicyclic) bond motifs is 1. The summed E-state index contributed by atoms with van der Waals surface area (Å²) in [6.07, 6.45) is 7.65. The largest absolute Gasteiger partial charge is 0.341 e. The van der Waals surface area contributed by atoms with Crippen molar-refractivity contribution in [3.8, 4) is 0 Å². The molecule has 0 aromatic carbocycles. The lowest BCUT2D eigenvalue weighted by Gasteiger charge is -2.34. The van der Waals surface area contributed by atoms with E-state index in [2.05, 4.69) is 16.8 Å². The van der Waals surface area contributed by atoms with Gasteiger partial charge in [0.2, 0.25) is 5.91 Å². The first-order valence-corrected chi connectivity index (χ1v) is 7.25. The molecule has 1 saturated carbocycles. The van der Waals surface area contributed by atoms with E-state index in [1.165, 1.54) is 32.1 Å². The van der Waals surface area contributed by atoms with E-state index >= 15 is 0 Å². The number of rotatable bonds is 1. The van der Waals surface area contributed by atoms with E-state index < -0.39 is 0 Å². The van der Waals surface area contributed by atoms with Gasteiger partial charge in [0.05, 0.1) is 6.04 Å². The predicted molar refractivity (Wildman–Crippen MR) is 67.7 cm³/mol. The fourth-order valence-electron chi connectivity index (χ4n) is 4.01. The van der Waals surface area contributed by atoms with Crippen LogP contribution in [0.2, 0.25) is 0 Å². The Kier molecular flexibility index (Phi) is 3.12. The molecule has 96 valence electrons. The maximum atomic E-state index is 12.5. The molecule has 1 aliphatic carbocycles. The topological polar surface area (TPSA) is 23.6 Å². The zero-order chi connectivity index (χ0) is 11.8. The van der Waals surface area contributed by atoms with Gasteiger partial charge in [-0.05, 0) is 51.1 Å². The molecule has 3 nitrogen and oxygen atoms in total. The third-order valence-electron chi connectivity index (χ3n) is 5.09. The van der Waals surface area contributed by atoms with Crippen molar-refractivity contribution < 1.29 is 4.79 Å². The van der Waals surface area contributed by atoms with Crippen molar-refractivity contribution in [1.29, 1.82) is 0 Å². The first kappa shape index (κ1) is 11.5. The lowest BCUT2D eigenvalue weighted by molar-refractivity contribution is -0.136. The second kappa shape index (κ2) is 4.60. The molecule has 17 heavy (non-hydrogen) atoms. The van der Waals surface area contributed by atoms with E-state index in [1.807, 2.05) is 0 Å². The molecule has 0 aromatic heterocycles. The van der Waals surface area contributed by atoms with Crippen molar-refractivity contribution in [3.63, 3.8) is 0 Å². The van der Waals surface area contributed by atoms with Crippen LogP contribution in [0.15, 0.2) is 0 Å². The van der Waals surface area contributed by atoms with Crippen LogP contribution in [0.25, 0.3) is 0 Å². The van der Waals surface area contributed by atoms with Crippen LogP contribution in [0.3, 0.4) is 0 Å². The quantitative estimate of drug-likeness (QED) is 0.692. The molecule has 3 fully saturated rings. The van der Waals surface area contributed by atoms with Crippen LogP contribution >= 0.6 is 0 Å². The summed E-state index contributed by atoms with van der Waals surface area (Å²) in [4.78, 5) is 17.0. The predicted octanol–water partition coefficient (Wildman–Crippen LogP) is 1.73. The van der Waals surface area contributed by atoms with Gasteiger partial charge in [0, 0.05) is 13.1 Å². The van der Waals surface area contributed by atoms with E-state index in [1.54, 1.807) is 0 Å². The molecular formula is C14H24N2O. The summed E-state index contributed by atoms with van der Waals surface area (Å²) < 4.78 is 0. The van der Waals surface area contributed by atoms with Gasteiger partial charge in [0.15, 0.2) is 0 Å². The molecular weight excluding hydrogens is 212 g/mol. The Balaban J connectivity index is 1.62. The third-order valence-corrected chi connectivity index (χ3v) is 5.09. The second-order valence-corrected chi connectivity index (χ2v) is 6.19. The Hall–Kier alpha value is -0.570. The number of hydrogen-bond donors (Lipinski definition) is 0. The highest BCUT2D eigenvalue weighted by Crippen LogP contribution is 2.38. The van der Waals surface area contributed by atoms with Crippen molar-refractivity contribution in [1.82, 2.24) is 9.80 Å². The zero-order valence-corrected chi connectivity index (χ0v) is 10.9. The fraction of sp³-hybridized carbons (Fsp3) is 0.929. The molecule has 0 bridgehead atoms. The number of carbonyl (C=O) groups excluding carboxylic acids is 1. The average Bonchev–Trinajstić information content (AvgIpc) is 2.88. The van der Waals surface area contributed by atoms with Gasteiger partial charge < -0.3 is 4.90 Å². The van der Waals surface area contributed by atoms with Crippen molar-refractivity contribution >= 4 is 5.91 Å². The van der Waals surface area contributed by atoms with Gasteiger partial charge in [-0.2, -0.15) is 0 Å². The lowest BCUT2D eigenvalue weighted by atomic mass is 10.0. The number of nitrogens with zero attached hydrogens (tertiary/aromatic N) is 2. The van der Waals surface area contributed by atoms with E-state index in [4.69, 9.17) is 0 Å². The van der Waals surface area contributed by atoms with Gasteiger partial charge in [-0.1, -0.05) is 12.8 Å². The minimum absolute atomic E-state index is 0.183. The van der Waals surface area contributed by atoms with Crippen LogP contribution < -0.4 is 0 Å². The van der Waals surface area contributed by atoms with E-state index in [0.29, 0.717) is 5.91 Å². The van der Waals surface area contributed by atoms with Crippen molar-refractivity contribution in [2.75, 3.05) is 26.7 Å². The summed E-state index contributed by atoms with van der Waals surface area (Å²) in [6.45, 7) is 3.19. The number of piperidine rings is 1. The van der Waals surface area contributed by atoms with Gasteiger partial charge in [-0.25, -0.2) is 0 Å². The Labute approximate surface area is 104 Å². The van der Waals surface area contributed by atoms with Crippen molar-refractivity contribution in [2.45, 2.75) is 44.6 Å². The van der Waals surface area contributed by atoms with Gasteiger partial charge >= 0.3 is 0 Å². The standard InChI is InChI=1S/C14H24N2O/c1-15-8-3-2-7-13(15)14(17)16-9-11-5-4-6-12(11)10-16/h11-13H,2-10H2,1H3. The van der Waals surface area contributed by atoms with E-state index in [0.717, 1.165) is 37.9 Å². The fourth-order valence-corrected chi connectivity index (χ4v) is 4.01. The maximum Gasteiger partial charge on any atom is 0.239 e.